The van der Waals surface area contributed by atoms with Crippen molar-refractivity contribution in [2.75, 3.05) is 29.9 Å². The molecule has 2 heterocycles. The largest absolute Gasteiger partial charge is 0.573 e. The molecule has 0 saturated carbocycles. The molecule has 4 amide bonds. The number of benzene rings is 1. The van der Waals surface area contributed by atoms with E-state index in [0.29, 0.717) is 13.1 Å². The molecular weight excluding hydrogens is 479 g/mol. The Morgan fingerprint density at radius 1 is 1.11 bits per heavy atom. The van der Waals surface area contributed by atoms with E-state index in [4.69, 9.17) is 0 Å². The van der Waals surface area contributed by atoms with Crippen LogP contribution in [0.4, 0.5) is 29.3 Å². The van der Waals surface area contributed by atoms with Crippen molar-refractivity contribution in [3.8, 4) is 5.75 Å². The molecule has 0 bridgehead atoms. The number of imide groups is 1. The third-order valence-corrected chi connectivity index (χ3v) is 5.90. The fraction of sp³-hybridized carbons (Fsp3) is 0.417. The Labute approximate surface area is 206 Å². The summed E-state index contributed by atoms with van der Waals surface area (Å²) >= 11 is 0. The van der Waals surface area contributed by atoms with Gasteiger partial charge in [0.25, 0.3) is 5.91 Å². The number of amides is 4. The van der Waals surface area contributed by atoms with Crippen LogP contribution < -0.4 is 15.0 Å². The molecule has 0 unspecified atom stereocenters. The van der Waals surface area contributed by atoms with Gasteiger partial charge in [-0.25, -0.2) is 9.69 Å². The van der Waals surface area contributed by atoms with Gasteiger partial charge in [0.1, 0.15) is 5.54 Å². The Hall–Kier alpha value is -3.67. The molecule has 36 heavy (non-hydrogen) atoms. The van der Waals surface area contributed by atoms with Crippen LogP contribution in [-0.4, -0.2) is 64.2 Å². The van der Waals surface area contributed by atoms with Crippen LogP contribution in [0.1, 0.15) is 33.3 Å². The number of nitrogens with one attached hydrogen (secondary N) is 1. The van der Waals surface area contributed by atoms with E-state index in [1.165, 1.54) is 11.0 Å². The van der Waals surface area contributed by atoms with Crippen LogP contribution in [0.25, 0.3) is 0 Å². The van der Waals surface area contributed by atoms with Gasteiger partial charge in [0, 0.05) is 18.9 Å². The lowest BCUT2D eigenvalue weighted by atomic mass is 10.0. The molecule has 0 radical (unpaired) electrons. The van der Waals surface area contributed by atoms with Gasteiger partial charge in [-0.2, -0.15) is 0 Å². The number of halogens is 3. The Kier molecular flexibility index (Phi) is 7.87. The second kappa shape index (κ2) is 10.5. The van der Waals surface area contributed by atoms with E-state index in [1.54, 1.807) is 43.3 Å². The zero-order valence-corrected chi connectivity index (χ0v) is 20.4. The van der Waals surface area contributed by atoms with Crippen molar-refractivity contribution in [3.05, 3.63) is 48.3 Å². The van der Waals surface area contributed by atoms with Crippen LogP contribution in [0, 0.1) is 0 Å². The first-order valence-corrected chi connectivity index (χ1v) is 11.3. The van der Waals surface area contributed by atoms with Gasteiger partial charge in [-0.3, -0.25) is 19.5 Å². The molecule has 0 spiro atoms. The SMILES string of the molecule is CCN(CC)CC(=O)Nc1cc(N2C(=O)N(Cc3ccncc3)C(C)(C)C2=O)ccc1OC(F)(F)F. The van der Waals surface area contributed by atoms with Crippen molar-refractivity contribution in [2.45, 2.75) is 46.1 Å². The summed E-state index contributed by atoms with van der Waals surface area (Å²) in [4.78, 5) is 47.1. The first-order chi connectivity index (χ1) is 16.9. The van der Waals surface area contributed by atoms with Gasteiger partial charge in [0.05, 0.1) is 17.9 Å². The smallest absolute Gasteiger partial charge is 0.404 e. The molecule has 3 rings (SSSR count). The van der Waals surface area contributed by atoms with Crippen molar-refractivity contribution >= 4 is 29.2 Å². The molecule has 0 atom stereocenters. The lowest BCUT2D eigenvalue weighted by molar-refractivity contribution is -0.274. The van der Waals surface area contributed by atoms with E-state index in [1.807, 2.05) is 13.8 Å². The second-order valence-corrected chi connectivity index (χ2v) is 8.66. The first kappa shape index (κ1) is 26.9. The van der Waals surface area contributed by atoms with Crippen LogP contribution >= 0.6 is 0 Å². The summed E-state index contributed by atoms with van der Waals surface area (Å²) in [5.41, 5.74) is -0.788. The highest BCUT2D eigenvalue weighted by Crippen LogP contribution is 2.38. The number of aromatic nitrogens is 1. The molecule has 1 N–H and O–H groups in total. The Morgan fingerprint density at radius 3 is 2.33 bits per heavy atom. The third kappa shape index (κ3) is 5.93. The molecule has 2 aromatic rings. The van der Waals surface area contributed by atoms with Crippen LogP contribution in [0.15, 0.2) is 42.7 Å². The maximum atomic E-state index is 13.3. The Bertz CT molecular complexity index is 1120. The van der Waals surface area contributed by atoms with Gasteiger partial charge >= 0.3 is 12.4 Å². The number of nitrogens with zero attached hydrogens (tertiary/aromatic N) is 4. The molecule has 1 fully saturated rings. The van der Waals surface area contributed by atoms with Gasteiger partial charge < -0.3 is 15.0 Å². The standard InChI is InChI=1S/C24H28F3N5O4/c1-5-30(6-2)15-20(33)29-18-13-17(7-8-19(18)36-24(25,26)27)32-21(34)23(3,4)31(22(32)35)14-16-9-11-28-12-10-16/h7-13H,5-6,14-15H2,1-4H3,(H,29,33). The van der Waals surface area contributed by atoms with Gasteiger partial charge in [-0.1, -0.05) is 13.8 Å². The fourth-order valence-electron chi connectivity index (χ4n) is 3.81. The van der Waals surface area contributed by atoms with E-state index < -0.39 is 35.5 Å². The highest BCUT2D eigenvalue weighted by Gasteiger charge is 2.52. The summed E-state index contributed by atoms with van der Waals surface area (Å²) in [5, 5.41) is 2.42. The monoisotopic (exact) mass is 507 g/mol. The summed E-state index contributed by atoms with van der Waals surface area (Å²) < 4.78 is 43.0. The highest BCUT2D eigenvalue weighted by atomic mass is 19.4. The molecule has 194 valence electrons. The average Bonchev–Trinajstić information content (AvgIpc) is 2.98. The van der Waals surface area contributed by atoms with E-state index in [0.717, 1.165) is 22.6 Å². The van der Waals surface area contributed by atoms with E-state index in [-0.39, 0.29) is 24.5 Å². The number of ether oxygens (including phenoxy) is 1. The summed E-state index contributed by atoms with van der Waals surface area (Å²) in [6, 6.07) is 6.04. The zero-order chi connectivity index (χ0) is 26.7. The minimum atomic E-state index is -5.01. The molecule has 1 aliphatic rings. The number of urea groups is 1. The zero-order valence-electron chi connectivity index (χ0n) is 20.4. The van der Waals surface area contributed by atoms with Crippen molar-refractivity contribution in [1.29, 1.82) is 0 Å². The number of hydrogen-bond donors (Lipinski definition) is 1. The van der Waals surface area contributed by atoms with E-state index in [9.17, 15) is 27.6 Å². The van der Waals surface area contributed by atoms with Crippen molar-refractivity contribution in [3.63, 3.8) is 0 Å². The molecular formula is C24H28F3N5O4. The van der Waals surface area contributed by atoms with Crippen molar-refractivity contribution in [1.82, 2.24) is 14.8 Å². The maximum absolute atomic E-state index is 13.3. The molecule has 1 saturated heterocycles. The molecule has 12 heteroatoms. The van der Waals surface area contributed by atoms with E-state index in [2.05, 4.69) is 15.0 Å². The number of alkyl halides is 3. The molecule has 1 aromatic heterocycles. The molecule has 1 aliphatic heterocycles. The summed E-state index contributed by atoms with van der Waals surface area (Å²) in [6.07, 6.45) is -1.88. The predicted molar refractivity (Wildman–Crippen MR) is 126 cm³/mol. The fourth-order valence-corrected chi connectivity index (χ4v) is 3.81. The molecule has 1 aromatic carbocycles. The number of carbonyl (C=O) groups is 3. The van der Waals surface area contributed by atoms with Crippen molar-refractivity contribution in [2.24, 2.45) is 0 Å². The van der Waals surface area contributed by atoms with E-state index >= 15 is 0 Å². The molecule has 9 nitrogen and oxygen atoms in total. The minimum Gasteiger partial charge on any atom is -0.404 e. The Balaban J connectivity index is 1.95. The topological polar surface area (TPSA) is 95.1 Å². The number of pyridine rings is 1. The number of hydrogen-bond acceptors (Lipinski definition) is 6. The van der Waals surface area contributed by atoms with Crippen LogP contribution in [-0.2, 0) is 16.1 Å². The molecule has 0 aliphatic carbocycles. The number of carbonyl (C=O) groups excluding carboxylic acids is 3. The van der Waals surface area contributed by atoms with Gasteiger partial charge in [-0.05, 0) is 62.8 Å². The lowest BCUT2D eigenvalue weighted by Crippen LogP contribution is -2.43. The maximum Gasteiger partial charge on any atom is 0.573 e. The summed E-state index contributed by atoms with van der Waals surface area (Å²) in [6.45, 7) is 8.06. The van der Waals surface area contributed by atoms with Gasteiger partial charge in [-0.15, -0.1) is 13.2 Å². The number of rotatable bonds is 9. The number of anilines is 2. The Morgan fingerprint density at radius 2 is 1.75 bits per heavy atom. The quantitative estimate of drug-likeness (QED) is 0.516. The van der Waals surface area contributed by atoms with Crippen molar-refractivity contribution < 1.29 is 32.3 Å². The predicted octanol–water partition coefficient (Wildman–Crippen LogP) is 4.01. The number of likely N-dealkylation sites (N-methyl/N-ethyl adjacent to an activating group) is 1. The minimum absolute atomic E-state index is 0.00275. The lowest BCUT2D eigenvalue weighted by Gasteiger charge is -2.27. The third-order valence-electron chi connectivity index (χ3n) is 5.90. The van der Waals surface area contributed by atoms with Gasteiger partial charge in [0.2, 0.25) is 5.91 Å². The summed E-state index contributed by atoms with van der Waals surface area (Å²) in [5.74, 6) is -1.79. The van der Waals surface area contributed by atoms with Crippen LogP contribution in [0.5, 0.6) is 5.75 Å². The normalized spacial score (nSPS) is 15.6. The van der Waals surface area contributed by atoms with Gasteiger partial charge in [0.15, 0.2) is 5.75 Å². The summed E-state index contributed by atoms with van der Waals surface area (Å²) in [7, 11) is 0. The highest BCUT2D eigenvalue weighted by molar-refractivity contribution is 6.23. The average molecular weight is 508 g/mol. The van der Waals surface area contributed by atoms with Crippen LogP contribution in [0.2, 0.25) is 0 Å². The first-order valence-electron chi connectivity index (χ1n) is 11.3. The second-order valence-electron chi connectivity index (χ2n) is 8.66. The van der Waals surface area contributed by atoms with Crippen LogP contribution in [0.3, 0.4) is 0 Å².